The van der Waals surface area contributed by atoms with E-state index in [-0.39, 0.29) is 47.1 Å². The molecule has 1 aromatic carbocycles. The van der Waals surface area contributed by atoms with Crippen molar-refractivity contribution in [1.82, 2.24) is 20.3 Å². The summed E-state index contributed by atoms with van der Waals surface area (Å²) in [5, 5.41) is 12.7. The Labute approximate surface area is 227 Å². The molecule has 202 valence electrons. The number of carboxylic acids is 1. The second-order valence-electron chi connectivity index (χ2n) is 9.22. The lowest BCUT2D eigenvalue weighted by Gasteiger charge is -2.16. The molecule has 0 radical (unpaired) electrons. The standard InChI is InChI=1S/C29H24N4O7/c1-2-3-12-40-29(39)21-13-17-15-6-4-5-7-18(15)31-25(17)27(33-21)19-9-8-16-22(34)14-20(28(38)26(16)32-19)30-23(35)10-11-24(36)37/h4-9,13-14,31H,2-3,10-12H2,1H3,(H,30,35)(H,36,37). The summed E-state index contributed by atoms with van der Waals surface area (Å²) in [7, 11) is 0. The van der Waals surface area contributed by atoms with Crippen LogP contribution in [0.5, 0.6) is 0 Å². The van der Waals surface area contributed by atoms with Crippen LogP contribution in [0.4, 0.5) is 0 Å². The number of H-pyrrole nitrogens is 1. The summed E-state index contributed by atoms with van der Waals surface area (Å²) in [6.45, 7) is 2.23. The van der Waals surface area contributed by atoms with E-state index in [1.807, 2.05) is 31.2 Å². The Morgan fingerprint density at radius 3 is 2.58 bits per heavy atom. The van der Waals surface area contributed by atoms with Gasteiger partial charge in [-0.3, -0.25) is 19.2 Å². The topological polar surface area (TPSA) is 168 Å². The van der Waals surface area contributed by atoms with Crippen molar-refractivity contribution in [2.75, 3.05) is 6.61 Å². The maximum Gasteiger partial charge on any atom is 0.356 e. The number of hydrogen-bond acceptors (Lipinski definition) is 8. The van der Waals surface area contributed by atoms with E-state index in [9.17, 15) is 24.0 Å². The van der Waals surface area contributed by atoms with E-state index < -0.39 is 35.8 Å². The van der Waals surface area contributed by atoms with Crippen molar-refractivity contribution in [1.29, 1.82) is 0 Å². The van der Waals surface area contributed by atoms with Crippen LogP contribution in [-0.4, -0.2) is 56.1 Å². The van der Waals surface area contributed by atoms with Crippen molar-refractivity contribution in [3.63, 3.8) is 0 Å². The predicted molar refractivity (Wildman–Crippen MR) is 144 cm³/mol. The molecule has 0 atom stereocenters. The number of carbonyl (C=O) groups is 5. The molecule has 11 nitrogen and oxygen atoms in total. The number of esters is 1. The minimum Gasteiger partial charge on any atom is -0.481 e. The molecule has 0 spiro atoms. The number of carbonyl (C=O) groups excluding carboxylic acids is 4. The minimum atomic E-state index is -1.17. The predicted octanol–water partition coefficient (Wildman–Crippen LogP) is 3.98. The van der Waals surface area contributed by atoms with Crippen LogP contribution in [0.3, 0.4) is 0 Å². The molecule has 0 saturated heterocycles. The molecule has 0 unspecified atom stereocenters. The van der Waals surface area contributed by atoms with E-state index in [1.165, 1.54) is 12.1 Å². The summed E-state index contributed by atoms with van der Waals surface area (Å²) in [6, 6.07) is 12.1. The molecule has 40 heavy (non-hydrogen) atoms. The monoisotopic (exact) mass is 540 g/mol. The van der Waals surface area contributed by atoms with Gasteiger partial charge in [0.1, 0.15) is 17.1 Å². The Kier molecular flexibility index (Phi) is 7.19. The van der Waals surface area contributed by atoms with Gasteiger partial charge in [-0.1, -0.05) is 31.5 Å². The van der Waals surface area contributed by atoms with Crippen molar-refractivity contribution in [2.24, 2.45) is 0 Å². The second kappa shape index (κ2) is 10.9. The van der Waals surface area contributed by atoms with Crippen LogP contribution in [-0.2, 0) is 14.3 Å². The number of unbranched alkanes of at least 4 members (excludes halogenated alkanes) is 1. The van der Waals surface area contributed by atoms with E-state index >= 15 is 0 Å². The van der Waals surface area contributed by atoms with Crippen LogP contribution in [0.15, 0.2) is 54.2 Å². The summed E-state index contributed by atoms with van der Waals surface area (Å²) in [6.07, 6.45) is 1.77. The first kappa shape index (κ1) is 26.4. The van der Waals surface area contributed by atoms with Gasteiger partial charge in [-0.25, -0.2) is 14.8 Å². The number of carboxylic acid groups (broad SMARTS) is 1. The molecule has 0 aliphatic heterocycles. The smallest absolute Gasteiger partial charge is 0.356 e. The Morgan fingerprint density at radius 2 is 1.80 bits per heavy atom. The molecular formula is C29H24N4O7. The Morgan fingerprint density at radius 1 is 1.00 bits per heavy atom. The van der Waals surface area contributed by atoms with Gasteiger partial charge < -0.3 is 20.1 Å². The number of amides is 1. The highest BCUT2D eigenvalue weighted by Gasteiger charge is 2.29. The Hall–Kier alpha value is -5.19. The molecule has 11 heteroatoms. The van der Waals surface area contributed by atoms with Crippen LogP contribution in [0.25, 0.3) is 33.2 Å². The van der Waals surface area contributed by atoms with Crippen LogP contribution >= 0.6 is 0 Å². The zero-order valence-corrected chi connectivity index (χ0v) is 21.4. The van der Waals surface area contributed by atoms with Crippen molar-refractivity contribution < 1.29 is 33.8 Å². The van der Waals surface area contributed by atoms with Gasteiger partial charge in [0.2, 0.25) is 11.7 Å². The zero-order valence-electron chi connectivity index (χ0n) is 21.4. The summed E-state index contributed by atoms with van der Waals surface area (Å²) in [4.78, 5) is 74.0. The number of hydrogen-bond donors (Lipinski definition) is 3. The normalized spacial score (nSPS) is 12.8. The van der Waals surface area contributed by atoms with Gasteiger partial charge in [-0.05, 0) is 30.7 Å². The molecule has 3 aromatic heterocycles. The summed E-state index contributed by atoms with van der Waals surface area (Å²) >= 11 is 0. The molecule has 1 amide bonds. The van der Waals surface area contributed by atoms with E-state index in [2.05, 4.69) is 20.3 Å². The molecule has 1 aliphatic carbocycles. The van der Waals surface area contributed by atoms with Crippen LogP contribution in [0.2, 0.25) is 0 Å². The minimum absolute atomic E-state index is 0.0419. The van der Waals surface area contributed by atoms with E-state index in [1.54, 1.807) is 6.07 Å². The summed E-state index contributed by atoms with van der Waals surface area (Å²) < 4.78 is 5.39. The number of para-hydroxylation sites is 1. The lowest BCUT2D eigenvalue weighted by atomic mass is 9.96. The number of fused-ring (bicyclic) bond motifs is 4. The van der Waals surface area contributed by atoms with Crippen LogP contribution in [0.1, 0.15) is 63.9 Å². The van der Waals surface area contributed by atoms with Gasteiger partial charge in [0.05, 0.1) is 35.5 Å². The molecule has 3 heterocycles. The number of Topliss-reactive ketones (excluding diaryl/α,β-unsaturated/α-hetero) is 1. The number of nitrogens with zero attached hydrogens (tertiary/aromatic N) is 2. The number of allylic oxidation sites excluding steroid dienone is 2. The highest BCUT2D eigenvalue weighted by Crippen LogP contribution is 2.33. The molecule has 4 aromatic rings. The fourth-order valence-corrected chi connectivity index (χ4v) is 4.41. The van der Waals surface area contributed by atoms with E-state index in [0.717, 1.165) is 23.4 Å². The van der Waals surface area contributed by atoms with Crippen LogP contribution < -0.4 is 5.32 Å². The van der Waals surface area contributed by atoms with Gasteiger partial charge in [0, 0.05) is 28.8 Å². The molecular weight excluding hydrogens is 516 g/mol. The number of benzene rings is 1. The number of rotatable bonds is 9. The lowest BCUT2D eigenvalue weighted by molar-refractivity contribution is -0.138. The molecule has 0 bridgehead atoms. The quantitative estimate of drug-likeness (QED) is 0.210. The first-order valence-corrected chi connectivity index (χ1v) is 12.7. The third-order valence-electron chi connectivity index (χ3n) is 6.42. The third-order valence-corrected chi connectivity index (χ3v) is 6.42. The number of ketones is 2. The van der Waals surface area contributed by atoms with Gasteiger partial charge in [0.25, 0.3) is 0 Å². The summed E-state index contributed by atoms with van der Waals surface area (Å²) in [5.41, 5.74) is 1.49. The molecule has 1 aliphatic rings. The number of aliphatic carboxylic acids is 1. The largest absolute Gasteiger partial charge is 0.481 e. The highest BCUT2D eigenvalue weighted by atomic mass is 16.5. The maximum absolute atomic E-state index is 13.2. The third kappa shape index (κ3) is 5.08. The molecule has 0 saturated carbocycles. The number of aromatic nitrogens is 3. The van der Waals surface area contributed by atoms with Gasteiger partial charge in [0.15, 0.2) is 5.78 Å². The molecule has 0 fully saturated rings. The fraction of sp³-hybridized carbons (Fsp3) is 0.207. The summed E-state index contributed by atoms with van der Waals surface area (Å²) in [5.74, 6) is -3.73. The lowest BCUT2D eigenvalue weighted by Crippen LogP contribution is -2.32. The first-order chi connectivity index (χ1) is 19.3. The number of pyridine rings is 2. The Balaban J connectivity index is 1.57. The van der Waals surface area contributed by atoms with Gasteiger partial charge in [-0.2, -0.15) is 0 Å². The zero-order chi connectivity index (χ0) is 28.4. The average Bonchev–Trinajstić information content (AvgIpc) is 3.32. The average molecular weight is 541 g/mol. The van der Waals surface area contributed by atoms with Gasteiger partial charge >= 0.3 is 11.9 Å². The number of aromatic amines is 1. The first-order valence-electron chi connectivity index (χ1n) is 12.7. The van der Waals surface area contributed by atoms with Gasteiger partial charge in [-0.15, -0.1) is 0 Å². The molecule has 3 N–H and O–H groups in total. The second-order valence-corrected chi connectivity index (χ2v) is 9.22. The SMILES string of the molecule is CCCCOC(=O)c1cc2c([nH]c3ccccc32)c(-c2ccc3c(n2)C(=O)C(NC(=O)CCC(=O)O)=CC3=O)n1. The van der Waals surface area contributed by atoms with Crippen LogP contribution in [0, 0.1) is 0 Å². The van der Waals surface area contributed by atoms with E-state index in [4.69, 9.17) is 9.84 Å². The highest BCUT2D eigenvalue weighted by molar-refractivity contribution is 6.24. The van der Waals surface area contributed by atoms with E-state index in [0.29, 0.717) is 17.3 Å². The fourth-order valence-electron chi connectivity index (χ4n) is 4.41. The van der Waals surface area contributed by atoms with Crippen molar-refractivity contribution in [2.45, 2.75) is 32.6 Å². The number of ether oxygens (including phenoxy) is 1. The molecule has 5 rings (SSSR count). The van der Waals surface area contributed by atoms with Crippen molar-refractivity contribution in [3.05, 3.63) is 71.2 Å². The van der Waals surface area contributed by atoms with Crippen molar-refractivity contribution >= 4 is 51.2 Å². The maximum atomic E-state index is 13.2. The van der Waals surface area contributed by atoms with Crippen molar-refractivity contribution in [3.8, 4) is 11.4 Å². The number of nitrogens with one attached hydrogen (secondary N) is 2. The Bertz CT molecular complexity index is 1750.